The maximum absolute atomic E-state index is 11.7. The van der Waals surface area contributed by atoms with E-state index in [-0.39, 0.29) is 12.4 Å². The normalized spacial score (nSPS) is 10.4. The van der Waals surface area contributed by atoms with Crippen LogP contribution in [-0.4, -0.2) is 16.0 Å². The van der Waals surface area contributed by atoms with Gasteiger partial charge in [-0.2, -0.15) is 0 Å². The number of hydrogen-bond acceptors (Lipinski definition) is 4. The van der Waals surface area contributed by atoms with Gasteiger partial charge in [0, 0.05) is 18.1 Å². The van der Waals surface area contributed by atoms with Crippen LogP contribution in [0, 0.1) is 27.7 Å². The lowest BCUT2D eigenvalue weighted by molar-refractivity contribution is 0.0973. The summed E-state index contributed by atoms with van der Waals surface area (Å²) in [6, 6.07) is 11.4. The molecular formula is C24H28ClNO3. The van der Waals surface area contributed by atoms with Gasteiger partial charge >= 0.3 is 0 Å². The molecule has 1 heterocycles. The van der Waals surface area contributed by atoms with E-state index >= 15 is 0 Å². The van der Waals surface area contributed by atoms with Crippen molar-refractivity contribution >= 4 is 17.4 Å². The molecule has 0 aliphatic carbocycles. The minimum atomic E-state index is -0.00345. The maximum atomic E-state index is 11.7. The molecule has 154 valence electrons. The van der Waals surface area contributed by atoms with Gasteiger partial charge in [-0.3, -0.25) is 4.79 Å². The summed E-state index contributed by atoms with van der Waals surface area (Å²) in [7, 11) is 0. The van der Waals surface area contributed by atoms with E-state index in [1.807, 2.05) is 44.2 Å². The Morgan fingerprint density at radius 1 is 1.07 bits per heavy atom. The summed E-state index contributed by atoms with van der Waals surface area (Å²) in [6.07, 6.45) is 1.28. The van der Waals surface area contributed by atoms with E-state index < -0.39 is 0 Å². The van der Waals surface area contributed by atoms with Crippen LogP contribution in [0.5, 0.6) is 0 Å². The van der Waals surface area contributed by atoms with Crippen molar-refractivity contribution < 1.29 is 14.4 Å². The molecule has 0 unspecified atom stereocenters. The molecule has 1 aromatic heterocycles. The summed E-state index contributed by atoms with van der Waals surface area (Å²) < 4.78 is 5.20. The van der Waals surface area contributed by atoms with Crippen molar-refractivity contribution in [3.63, 3.8) is 0 Å². The summed E-state index contributed by atoms with van der Waals surface area (Å²) >= 11 is 6.11. The number of carbonyl (C=O) groups is 1. The van der Waals surface area contributed by atoms with Crippen molar-refractivity contribution in [2.75, 3.05) is 0 Å². The number of aliphatic hydroxyl groups excluding tert-OH is 1. The first-order valence-electron chi connectivity index (χ1n) is 9.70. The van der Waals surface area contributed by atoms with Gasteiger partial charge in [0.1, 0.15) is 5.69 Å². The Bertz CT molecular complexity index is 969. The van der Waals surface area contributed by atoms with Crippen LogP contribution in [0.3, 0.4) is 0 Å². The molecule has 0 atom stereocenters. The SMILES string of the molecule is CCCC(=O)c1cc(-c2cc(C)ccc2Cl)on1.Cc1cc(CO)cc(C)c1C. The molecule has 0 aliphatic rings. The standard InChI is InChI=1S/C14H14ClNO2.C10H14O/c1-3-4-13(17)12-8-14(18-16-12)10-7-9(2)5-6-11(10)15;1-7-4-10(6-11)5-8(2)9(7)3/h5-8H,3-4H2,1-2H3;4-5,11H,6H2,1-3H3. The first-order valence-corrected chi connectivity index (χ1v) is 10.1. The maximum Gasteiger partial charge on any atom is 0.184 e. The predicted molar refractivity (Wildman–Crippen MR) is 118 cm³/mol. The smallest absolute Gasteiger partial charge is 0.184 e. The van der Waals surface area contributed by atoms with Gasteiger partial charge in [0.2, 0.25) is 0 Å². The monoisotopic (exact) mass is 413 g/mol. The lowest BCUT2D eigenvalue weighted by Crippen LogP contribution is -1.97. The van der Waals surface area contributed by atoms with E-state index in [0.29, 0.717) is 22.9 Å². The van der Waals surface area contributed by atoms with Crippen LogP contribution in [0.4, 0.5) is 0 Å². The third-order valence-electron chi connectivity index (χ3n) is 4.83. The lowest BCUT2D eigenvalue weighted by atomic mass is 10.0. The molecule has 0 aliphatic heterocycles. The minimum Gasteiger partial charge on any atom is -0.392 e. The number of aromatic nitrogens is 1. The minimum absolute atomic E-state index is 0.00345. The number of ketones is 1. The summed E-state index contributed by atoms with van der Waals surface area (Å²) in [5.74, 6) is 0.527. The van der Waals surface area contributed by atoms with Crippen LogP contribution in [0.2, 0.25) is 5.02 Å². The Morgan fingerprint density at radius 3 is 2.31 bits per heavy atom. The number of aryl methyl sites for hydroxylation is 3. The molecule has 2 aromatic carbocycles. The highest BCUT2D eigenvalue weighted by Crippen LogP contribution is 2.29. The first-order chi connectivity index (χ1) is 13.8. The van der Waals surface area contributed by atoms with E-state index in [1.54, 1.807) is 6.07 Å². The van der Waals surface area contributed by atoms with Gasteiger partial charge in [-0.25, -0.2) is 0 Å². The zero-order valence-electron chi connectivity index (χ0n) is 17.7. The van der Waals surface area contributed by atoms with Crippen LogP contribution in [0.25, 0.3) is 11.3 Å². The van der Waals surface area contributed by atoms with Gasteiger partial charge in [0.25, 0.3) is 0 Å². The van der Waals surface area contributed by atoms with E-state index in [1.165, 1.54) is 16.7 Å². The number of nitrogens with zero attached hydrogens (tertiary/aromatic N) is 1. The molecule has 0 amide bonds. The van der Waals surface area contributed by atoms with E-state index in [9.17, 15) is 4.79 Å². The van der Waals surface area contributed by atoms with Crippen LogP contribution >= 0.6 is 11.6 Å². The molecule has 4 nitrogen and oxygen atoms in total. The van der Waals surface area contributed by atoms with Crippen LogP contribution in [0.15, 0.2) is 40.9 Å². The average molecular weight is 414 g/mol. The molecule has 0 radical (unpaired) electrons. The predicted octanol–water partition coefficient (Wildman–Crippen LogP) is 6.39. The Hall–Kier alpha value is -2.43. The lowest BCUT2D eigenvalue weighted by Gasteiger charge is -2.06. The second-order valence-electron chi connectivity index (χ2n) is 7.25. The van der Waals surface area contributed by atoms with Crippen molar-refractivity contribution in [1.82, 2.24) is 5.16 Å². The van der Waals surface area contributed by atoms with Gasteiger partial charge in [0.05, 0.1) is 11.6 Å². The largest absolute Gasteiger partial charge is 0.392 e. The van der Waals surface area contributed by atoms with Crippen LogP contribution < -0.4 is 0 Å². The number of rotatable bonds is 5. The Balaban J connectivity index is 0.000000234. The van der Waals surface area contributed by atoms with E-state index in [2.05, 4.69) is 25.9 Å². The van der Waals surface area contributed by atoms with Gasteiger partial charge in [-0.15, -0.1) is 0 Å². The molecule has 0 bridgehead atoms. The van der Waals surface area contributed by atoms with Crippen molar-refractivity contribution in [1.29, 1.82) is 0 Å². The first kappa shape index (κ1) is 22.9. The summed E-state index contributed by atoms with van der Waals surface area (Å²) in [4.78, 5) is 11.7. The van der Waals surface area contributed by atoms with Gasteiger partial charge in [-0.1, -0.05) is 47.4 Å². The topological polar surface area (TPSA) is 63.3 Å². The average Bonchev–Trinajstić information content (AvgIpc) is 3.18. The number of Topliss-reactive ketones (excluding diaryl/α,β-unsaturated/α-hetero) is 1. The Labute approximate surface area is 177 Å². The zero-order chi connectivity index (χ0) is 21.6. The molecule has 1 N–H and O–H groups in total. The van der Waals surface area contributed by atoms with Crippen LogP contribution in [0.1, 0.15) is 58.1 Å². The highest BCUT2D eigenvalue weighted by atomic mass is 35.5. The number of benzene rings is 2. The van der Waals surface area contributed by atoms with Crippen molar-refractivity contribution in [3.8, 4) is 11.3 Å². The zero-order valence-corrected chi connectivity index (χ0v) is 18.4. The number of carbonyl (C=O) groups excluding carboxylic acids is 1. The molecule has 0 fully saturated rings. The second kappa shape index (κ2) is 10.4. The summed E-state index contributed by atoms with van der Waals surface area (Å²) in [5.41, 5.74) is 7.05. The van der Waals surface area contributed by atoms with Gasteiger partial charge in [0.15, 0.2) is 11.5 Å². The van der Waals surface area contributed by atoms with Crippen LogP contribution in [-0.2, 0) is 6.61 Å². The fourth-order valence-electron chi connectivity index (χ4n) is 2.93. The van der Waals surface area contributed by atoms with Gasteiger partial charge < -0.3 is 9.63 Å². The quantitative estimate of drug-likeness (QED) is 0.492. The van der Waals surface area contributed by atoms with E-state index in [4.69, 9.17) is 21.2 Å². The molecule has 5 heteroatoms. The second-order valence-corrected chi connectivity index (χ2v) is 7.65. The Morgan fingerprint density at radius 2 is 1.72 bits per heavy atom. The summed E-state index contributed by atoms with van der Waals surface area (Å²) in [5, 5.41) is 13.3. The molecule has 3 rings (SSSR count). The van der Waals surface area contributed by atoms with Crippen molar-refractivity contribution in [2.24, 2.45) is 0 Å². The molecule has 0 spiro atoms. The Kier molecular flexibility index (Phi) is 8.18. The third kappa shape index (κ3) is 6.02. The number of aliphatic hydroxyl groups is 1. The number of hydrogen-bond donors (Lipinski definition) is 1. The summed E-state index contributed by atoms with van der Waals surface area (Å²) in [6.45, 7) is 10.3. The van der Waals surface area contributed by atoms with E-state index in [0.717, 1.165) is 23.1 Å². The molecule has 3 aromatic rings. The van der Waals surface area contributed by atoms with Gasteiger partial charge in [-0.05, 0) is 68.5 Å². The van der Waals surface area contributed by atoms with Crippen molar-refractivity contribution in [3.05, 3.63) is 74.9 Å². The van der Waals surface area contributed by atoms with Crippen molar-refractivity contribution in [2.45, 2.75) is 54.1 Å². The molecular weight excluding hydrogens is 386 g/mol. The fourth-order valence-corrected chi connectivity index (χ4v) is 3.14. The highest BCUT2D eigenvalue weighted by Gasteiger charge is 2.14. The fraction of sp³-hybridized carbons (Fsp3) is 0.333. The molecule has 0 saturated heterocycles. The molecule has 0 saturated carbocycles. The number of halogens is 1. The highest BCUT2D eigenvalue weighted by molar-refractivity contribution is 6.33. The third-order valence-corrected chi connectivity index (χ3v) is 5.16. The molecule has 29 heavy (non-hydrogen) atoms.